The molecule has 1 heterocycles. The van der Waals surface area contributed by atoms with Gasteiger partial charge in [-0.1, -0.05) is 30.3 Å². The normalized spacial score (nSPS) is 17.1. The van der Waals surface area contributed by atoms with E-state index in [0.717, 1.165) is 5.56 Å². The molecule has 2 N–H and O–H groups in total. The Hall–Kier alpha value is -3.34. The lowest BCUT2D eigenvalue weighted by Gasteiger charge is -2.41. The van der Waals surface area contributed by atoms with Crippen LogP contribution in [0.2, 0.25) is 0 Å². The van der Waals surface area contributed by atoms with Crippen molar-refractivity contribution in [3.63, 3.8) is 0 Å². The van der Waals surface area contributed by atoms with Crippen LogP contribution < -0.4 is 5.32 Å². The monoisotopic (exact) mass is 465 g/mol. The highest BCUT2D eigenvalue weighted by molar-refractivity contribution is 5.90. The number of nitrogens with zero attached hydrogens (tertiary/aromatic N) is 2. The minimum absolute atomic E-state index is 0.0155. The molecular formula is C22H31N3O8. The van der Waals surface area contributed by atoms with Crippen LogP contribution in [0.1, 0.15) is 26.3 Å². The fraction of sp³-hybridized carbons (Fsp3) is 0.545. The molecule has 1 aromatic carbocycles. The van der Waals surface area contributed by atoms with E-state index in [-0.39, 0.29) is 26.2 Å². The Bertz CT molecular complexity index is 840. The number of methoxy groups -OCH3 is 1. The molecule has 0 aromatic heterocycles. The minimum Gasteiger partial charge on any atom is -0.467 e. The van der Waals surface area contributed by atoms with Gasteiger partial charge in [-0.2, -0.15) is 0 Å². The number of aliphatic hydroxyl groups excluding tert-OH is 1. The summed E-state index contributed by atoms with van der Waals surface area (Å²) < 4.78 is 15.2. The van der Waals surface area contributed by atoms with Crippen molar-refractivity contribution in [2.45, 2.75) is 45.1 Å². The highest BCUT2D eigenvalue weighted by Gasteiger charge is 2.41. The summed E-state index contributed by atoms with van der Waals surface area (Å²) >= 11 is 0. The number of aliphatic hydroxyl groups is 1. The number of hydrogen-bond donors (Lipinski definition) is 2. The predicted molar refractivity (Wildman–Crippen MR) is 116 cm³/mol. The molecule has 2 atom stereocenters. The quantitative estimate of drug-likeness (QED) is 0.467. The molecule has 2 rings (SSSR count). The number of ether oxygens (including phenoxy) is 3. The number of amides is 3. The first-order chi connectivity index (χ1) is 15.6. The van der Waals surface area contributed by atoms with Gasteiger partial charge in [0, 0.05) is 13.1 Å². The first kappa shape index (κ1) is 25.9. The zero-order valence-electron chi connectivity index (χ0n) is 19.3. The van der Waals surface area contributed by atoms with Crippen molar-refractivity contribution in [2.24, 2.45) is 0 Å². The number of piperazine rings is 1. The van der Waals surface area contributed by atoms with Crippen molar-refractivity contribution in [1.29, 1.82) is 0 Å². The smallest absolute Gasteiger partial charge is 0.410 e. The number of carbonyl (C=O) groups excluding carboxylic acids is 4. The molecule has 2 unspecified atom stereocenters. The first-order valence-corrected chi connectivity index (χ1v) is 10.5. The third-order valence-corrected chi connectivity index (χ3v) is 4.77. The van der Waals surface area contributed by atoms with E-state index >= 15 is 0 Å². The Morgan fingerprint density at radius 2 is 1.82 bits per heavy atom. The molecule has 33 heavy (non-hydrogen) atoms. The van der Waals surface area contributed by atoms with Crippen molar-refractivity contribution in [2.75, 3.05) is 33.4 Å². The van der Waals surface area contributed by atoms with Gasteiger partial charge in [-0.05, 0) is 26.3 Å². The average Bonchev–Trinajstić information content (AvgIpc) is 2.79. The summed E-state index contributed by atoms with van der Waals surface area (Å²) in [5, 5.41) is 12.0. The summed E-state index contributed by atoms with van der Waals surface area (Å²) in [7, 11) is 1.17. The Morgan fingerprint density at radius 1 is 1.15 bits per heavy atom. The van der Waals surface area contributed by atoms with Gasteiger partial charge in [0.25, 0.3) is 0 Å². The number of benzene rings is 1. The number of hydrogen-bond acceptors (Lipinski definition) is 8. The maximum Gasteiger partial charge on any atom is 0.410 e. The Balaban J connectivity index is 2.03. The third-order valence-electron chi connectivity index (χ3n) is 4.77. The number of carbonyl (C=O) groups is 4. The molecule has 11 heteroatoms. The van der Waals surface area contributed by atoms with Crippen LogP contribution in [-0.2, 0) is 30.4 Å². The van der Waals surface area contributed by atoms with Gasteiger partial charge in [0.1, 0.15) is 24.3 Å². The van der Waals surface area contributed by atoms with Gasteiger partial charge >= 0.3 is 18.2 Å². The van der Waals surface area contributed by atoms with Gasteiger partial charge in [-0.3, -0.25) is 4.79 Å². The van der Waals surface area contributed by atoms with Crippen molar-refractivity contribution < 1.29 is 38.5 Å². The van der Waals surface area contributed by atoms with E-state index in [0.29, 0.717) is 0 Å². The second-order valence-corrected chi connectivity index (χ2v) is 8.44. The van der Waals surface area contributed by atoms with Crippen molar-refractivity contribution in [3.8, 4) is 0 Å². The molecule has 182 valence electrons. The molecule has 1 aliphatic heterocycles. The van der Waals surface area contributed by atoms with Crippen molar-refractivity contribution in [3.05, 3.63) is 35.9 Å². The lowest BCUT2D eigenvalue weighted by Crippen LogP contribution is -2.63. The Labute approximate surface area is 192 Å². The summed E-state index contributed by atoms with van der Waals surface area (Å²) in [6.45, 7) is 4.37. The van der Waals surface area contributed by atoms with Crippen LogP contribution in [-0.4, -0.2) is 90.0 Å². The molecule has 0 spiro atoms. The van der Waals surface area contributed by atoms with E-state index in [2.05, 4.69) is 5.32 Å². The van der Waals surface area contributed by atoms with Gasteiger partial charge in [0.2, 0.25) is 5.91 Å². The van der Waals surface area contributed by atoms with Crippen LogP contribution in [0.5, 0.6) is 0 Å². The fourth-order valence-corrected chi connectivity index (χ4v) is 3.17. The molecule has 1 fully saturated rings. The topological polar surface area (TPSA) is 135 Å². The van der Waals surface area contributed by atoms with E-state index in [1.807, 2.05) is 6.07 Å². The standard InChI is InChI=1S/C22H31N3O8/c1-22(2,3)33-21(30)24-10-11-25(17(12-24)19(28)31-4)18(27)16(13-26)23-20(29)32-14-15-8-6-5-7-9-15/h5-9,16-17,26H,10-14H2,1-4H3,(H,23,29). The molecular weight excluding hydrogens is 434 g/mol. The van der Waals surface area contributed by atoms with E-state index in [1.165, 1.54) is 16.9 Å². The number of rotatable bonds is 6. The predicted octanol–water partition coefficient (Wildman–Crippen LogP) is 0.895. The Morgan fingerprint density at radius 3 is 2.39 bits per heavy atom. The van der Waals surface area contributed by atoms with Gasteiger partial charge in [0.15, 0.2) is 0 Å². The number of alkyl carbamates (subject to hydrolysis) is 1. The van der Waals surface area contributed by atoms with Crippen LogP contribution in [0.4, 0.5) is 9.59 Å². The lowest BCUT2D eigenvalue weighted by atomic mass is 10.1. The second-order valence-electron chi connectivity index (χ2n) is 8.44. The molecule has 11 nitrogen and oxygen atoms in total. The number of esters is 1. The SMILES string of the molecule is COC(=O)C1CN(C(=O)OC(C)(C)C)CCN1C(=O)C(CO)NC(=O)OCc1ccccc1. The molecule has 0 aliphatic carbocycles. The Kier molecular flexibility index (Phi) is 9.03. The molecule has 0 bridgehead atoms. The highest BCUT2D eigenvalue weighted by Crippen LogP contribution is 2.17. The van der Waals surface area contributed by atoms with Crippen LogP contribution >= 0.6 is 0 Å². The van der Waals surface area contributed by atoms with Crippen LogP contribution in [0.25, 0.3) is 0 Å². The van der Waals surface area contributed by atoms with E-state index < -0.39 is 48.4 Å². The molecule has 0 radical (unpaired) electrons. The van der Waals surface area contributed by atoms with E-state index in [4.69, 9.17) is 14.2 Å². The average molecular weight is 466 g/mol. The zero-order valence-corrected chi connectivity index (χ0v) is 19.3. The fourth-order valence-electron chi connectivity index (χ4n) is 3.17. The zero-order chi connectivity index (χ0) is 24.6. The summed E-state index contributed by atoms with van der Waals surface area (Å²) in [5.41, 5.74) is 0.0279. The van der Waals surface area contributed by atoms with Gasteiger partial charge in [-0.15, -0.1) is 0 Å². The van der Waals surface area contributed by atoms with Gasteiger partial charge < -0.3 is 34.4 Å². The van der Waals surface area contributed by atoms with E-state index in [1.54, 1.807) is 45.0 Å². The minimum atomic E-state index is -1.34. The van der Waals surface area contributed by atoms with E-state index in [9.17, 15) is 24.3 Å². The lowest BCUT2D eigenvalue weighted by molar-refractivity contribution is -0.157. The van der Waals surface area contributed by atoms with Crippen molar-refractivity contribution >= 4 is 24.1 Å². The molecule has 1 saturated heterocycles. The molecule has 1 aliphatic rings. The third kappa shape index (κ3) is 7.63. The maximum absolute atomic E-state index is 13.0. The summed E-state index contributed by atoms with van der Waals surface area (Å²) in [6, 6.07) is 6.49. The van der Waals surface area contributed by atoms with Crippen molar-refractivity contribution in [1.82, 2.24) is 15.1 Å². The first-order valence-electron chi connectivity index (χ1n) is 10.5. The van der Waals surface area contributed by atoms with Crippen LogP contribution in [0.3, 0.4) is 0 Å². The van der Waals surface area contributed by atoms with Gasteiger partial charge in [0.05, 0.1) is 20.3 Å². The van der Waals surface area contributed by atoms with Gasteiger partial charge in [-0.25, -0.2) is 14.4 Å². The second kappa shape index (κ2) is 11.5. The molecule has 1 aromatic rings. The molecule has 3 amide bonds. The summed E-state index contributed by atoms with van der Waals surface area (Å²) in [4.78, 5) is 52.4. The number of nitrogens with one attached hydrogen (secondary N) is 1. The molecule has 0 saturated carbocycles. The largest absolute Gasteiger partial charge is 0.467 e. The highest BCUT2D eigenvalue weighted by atomic mass is 16.6. The summed E-state index contributed by atoms with van der Waals surface area (Å²) in [6.07, 6.45) is -1.52. The maximum atomic E-state index is 13.0. The summed E-state index contributed by atoms with van der Waals surface area (Å²) in [5.74, 6) is -1.44. The van der Waals surface area contributed by atoms with Crippen LogP contribution in [0.15, 0.2) is 30.3 Å². The van der Waals surface area contributed by atoms with Crippen LogP contribution in [0, 0.1) is 0 Å².